The summed E-state index contributed by atoms with van der Waals surface area (Å²) in [5, 5.41) is 15.8. The van der Waals surface area contributed by atoms with Crippen LogP contribution in [0.3, 0.4) is 0 Å². The lowest BCUT2D eigenvalue weighted by Crippen LogP contribution is -2.34. The predicted molar refractivity (Wildman–Crippen MR) is 87.9 cm³/mol. The fourth-order valence-electron chi connectivity index (χ4n) is 1.83. The second-order valence-electron chi connectivity index (χ2n) is 4.65. The summed E-state index contributed by atoms with van der Waals surface area (Å²) in [7, 11) is 0. The van der Waals surface area contributed by atoms with Gasteiger partial charge in [0.25, 0.3) is 11.6 Å². The van der Waals surface area contributed by atoms with Gasteiger partial charge in [0.1, 0.15) is 11.4 Å². The molecule has 2 rings (SSSR count). The first-order valence-corrected chi connectivity index (χ1v) is 6.91. The van der Waals surface area contributed by atoms with Gasteiger partial charge in [-0.3, -0.25) is 20.2 Å². The number of hydrogen-bond donors (Lipinski definition) is 2. The van der Waals surface area contributed by atoms with Crippen molar-refractivity contribution in [1.82, 2.24) is 5.32 Å². The summed E-state index contributed by atoms with van der Waals surface area (Å²) in [4.78, 5) is 22.3. The molecule has 2 aromatic carbocycles. The lowest BCUT2D eigenvalue weighted by Gasteiger charge is -2.10. The van der Waals surface area contributed by atoms with Crippen LogP contribution in [0.25, 0.3) is 0 Å². The van der Waals surface area contributed by atoms with Crippen LogP contribution in [0.5, 0.6) is 0 Å². The van der Waals surface area contributed by atoms with E-state index in [4.69, 9.17) is 12.2 Å². The van der Waals surface area contributed by atoms with Gasteiger partial charge in [-0.2, -0.15) is 0 Å². The van der Waals surface area contributed by atoms with Gasteiger partial charge in [-0.1, -0.05) is 18.2 Å². The van der Waals surface area contributed by atoms with Crippen molar-refractivity contribution in [3.63, 3.8) is 0 Å². The van der Waals surface area contributed by atoms with Gasteiger partial charge in [-0.25, -0.2) is 4.39 Å². The summed E-state index contributed by atoms with van der Waals surface area (Å²) in [5.74, 6) is -1.13. The summed E-state index contributed by atoms with van der Waals surface area (Å²) >= 11 is 4.96. The first-order chi connectivity index (χ1) is 10.9. The number of halogens is 1. The number of anilines is 1. The monoisotopic (exact) mass is 333 g/mol. The number of nitro benzene ring substituents is 1. The third-order valence-corrected chi connectivity index (χ3v) is 3.21. The second-order valence-corrected chi connectivity index (χ2v) is 5.05. The maximum absolute atomic E-state index is 13.5. The number of rotatable bonds is 3. The van der Waals surface area contributed by atoms with Crippen molar-refractivity contribution >= 4 is 34.6 Å². The number of nitro groups is 1. The summed E-state index contributed by atoms with van der Waals surface area (Å²) in [6, 6.07) is 9.90. The number of amides is 1. The molecule has 0 bridgehead atoms. The van der Waals surface area contributed by atoms with E-state index in [9.17, 15) is 19.3 Å². The molecule has 118 valence electrons. The van der Waals surface area contributed by atoms with E-state index in [0.717, 1.165) is 0 Å². The Morgan fingerprint density at radius 3 is 2.61 bits per heavy atom. The number of para-hydroxylation sites is 1. The van der Waals surface area contributed by atoms with Crippen molar-refractivity contribution in [2.45, 2.75) is 6.92 Å². The fraction of sp³-hybridized carbons (Fsp3) is 0.0667. The minimum Gasteiger partial charge on any atom is -0.332 e. The van der Waals surface area contributed by atoms with Gasteiger partial charge in [0, 0.05) is 11.8 Å². The SMILES string of the molecule is Cc1ccc(NC(=S)NC(=O)c2ccccc2[N+](=O)[O-])cc1F. The smallest absolute Gasteiger partial charge is 0.282 e. The second kappa shape index (κ2) is 6.93. The fourth-order valence-corrected chi connectivity index (χ4v) is 2.04. The number of nitrogens with one attached hydrogen (secondary N) is 2. The van der Waals surface area contributed by atoms with Crippen LogP contribution in [-0.2, 0) is 0 Å². The number of carbonyl (C=O) groups excluding carboxylic acids is 1. The van der Waals surface area contributed by atoms with Gasteiger partial charge in [-0.15, -0.1) is 0 Å². The highest BCUT2D eigenvalue weighted by Gasteiger charge is 2.19. The first kappa shape index (κ1) is 16.5. The van der Waals surface area contributed by atoms with Gasteiger partial charge in [0.2, 0.25) is 0 Å². The molecule has 0 spiro atoms. The van der Waals surface area contributed by atoms with E-state index in [1.807, 2.05) is 0 Å². The molecule has 0 aliphatic carbocycles. The van der Waals surface area contributed by atoms with Gasteiger partial charge >= 0.3 is 0 Å². The van der Waals surface area contributed by atoms with E-state index in [0.29, 0.717) is 11.3 Å². The van der Waals surface area contributed by atoms with Gasteiger partial charge < -0.3 is 5.32 Å². The molecule has 0 fully saturated rings. The lowest BCUT2D eigenvalue weighted by molar-refractivity contribution is -0.385. The minimum absolute atomic E-state index is 0.0867. The normalized spacial score (nSPS) is 10.0. The maximum Gasteiger partial charge on any atom is 0.282 e. The Bertz CT molecular complexity index is 795. The van der Waals surface area contributed by atoms with Crippen LogP contribution in [0.1, 0.15) is 15.9 Å². The molecule has 0 aromatic heterocycles. The molecule has 1 amide bonds. The molecule has 2 aromatic rings. The summed E-state index contributed by atoms with van der Waals surface area (Å²) in [5.41, 5.74) is 0.400. The molecule has 0 radical (unpaired) electrons. The third kappa shape index (κ3) is 4.07. The summed E-state index contributed by atoms with van der Waals surface area (Å²) in [6.45, 7) is 1.62. The van der Waals surface area contributed by atoms with Gasteiger partial charge in [0.05, 0.1) is 4.92 Å². The molecule has 0 aliphatic heterocycles. The Balaban J connectivity index is 2.10. The van der Waals surface area contributed by atoms with Crippen molar-refractivity contribution in [2.24, 2.45) is 0 Å². The first-order valence-electron chi connectivity index (χ1n) is 6.50. The van der Waals surface area contributed by atoms with E-state index < -0.39 is 16.6 Å². The van der Waals surface area contributed by atoms with E-state index in [-0.39, 0.29) is 16.4 Å². The molecule has 0 unspecified atom stereocenters. The third-order valence-electron chi connectivity index (χ3n) is 3.00. The molecule has 8 heteroatoms. The van der Waals surface area contributed by atoms with Crippen LogP contribution >= 0.6 is 12.2 Å². The Morgan fingerprint density at radius 2 is 1.96 bits per heavy atom. The molecule has 0 saturated heterocycles. The van der Waals surface area contributed by atoms with Crippen LogP contribution in [0.15, 0.2) is 42.5 Å². The Hall–Kier alpha value is -2.87. The van der Waals surface area contributed by atoms with Crippen molar-refractivity contribution in [2.75, 3.05) is 5.32 Å². The lowest BCUT2D eigenvalue weighted by atomic mass is 10.1. The molecule has 0 atom stereocenters. The average molecular weight is 333 g/mol. The summed E-state index contributed by atoms with van der Waals surface area (Å²) < 4.78 is 13.5. The predicted octanol–water partition coefficient (Wildman–Crippen LogP) is 3.17. The summed E-state index contributed by atoms with van der Waals surface area (Å²) in [6.07, 6.45) is 0. The van der Waals surface area contributed by atoms with Crippen LogP contribution < -0.4 is 10.6 Å². The highest BCUT2D eigenvalue weighted by molar-refractivity contribution is 7.80. The largest absolute Gasteiger partial charge is 0.332 e. The average Bonchev–Trinajstić information content (AvgIpc) is 2.50. The molecular formula is C15H12FN3O3S. The van der Waals surface area contributed by atoms with Crippen molar-refractivity contribution < 1.29 is 14.1 Å². The minimum atomic E-state index is -0.720. The number of aryl methyl sites for hydroxylation is 1. The zero-order valence-electron chi connectivity index (χ0n) is 12.0. The van der Waals surface area contributed by atoms with Crippen molar-refractivity contribution in [3.05, 3.63) is 69.5 Å². The Labute approximate surface area is 136 Å². The van der Waals surface area contributed by atoms with Crippen LogP contribution in [0.2, 0.25) is 0 Å². The standard InChI is InChI=1S/C15H12FN3O3S/c1-9-6-7-10(8-12(9)16)17-15(23)18-14(20)11-4-2-3-5-13(11)19(21)22/h2-8H,1H3,(H2,17,18,20,23). The zero-order valence-corrected chi connectivity index (χ0v) is 12.8. The highest BCUT2D eigenvalue weighted by atomic mass is 32.1. The van der Waals surface area contributed by atoms with Crippen molar-refractivity contribution in [3.8, 4) is 0 Å². The van der Waals surface area contributed by atoms with Crippen molar-refractivity contribution in [1.29, 1.82) is 0 Å². The van der Waals surface area contributed by atoms with Gasteiger partial charge in [-0.05, 0) is 42.9 Å². The number of nitrogens with zero attached hydrogens (tertiary/aromatic N) is 1. The van der Waals surface area contributed by atoms with Crippen LogP contribution in [0, 0.1) is 22.9 Å². The molecule has 2 N–H and O–H groups in total. The van der Waals surface area contributed by atoms with E-state index in [1.54, 1.807) is 19.1 Å². The molecule has 23 heavy (non-hydrogen) atoms. The van der Waals surface area contributed by atoms with E-state index in [2.05, 4.69) is 10.6 Å². The van der Waals surface area contributed by atoms with Crippen LogP contribution in [0.4, 0.5) is 15.8 Å². The molecular weight excluding hydrogens is 321 g/mol. The number of carbonyl (C=O) groups is 1. The van der Waals surface area contributed by atoms with Crippen LogP contribution in [-0.4, -0.2) is 15.9 Å². The molecule has 0 aliphatic rings. The quantitative estimate of drug-likeness (QED) is 0.512. The number of hydrogen-bond acceptors (Lipinski definition) is 4. The van der Waals surface area contributed by atoms with E-state index in [1.165, 1.54) is 30.3 Å². The topological polar surface area (TPSA) is 84.3 Å². The maximum atomic E-state index is 13.5. The number of thiocarbonyl (C=S) groups is 1. The Kier molecular flexibility index (Phi) is 4.97. The molecule has 0 heterocycles. The molecule has 6 nitrogen and oxygen atoms in total. The molecule has 0 saturated carbocycles. The Morgan fingerprint density at radius 1 is 1.26 bits per heavy atom. The van der Waals surface area contributed by atoms with Gasteiger partial charge in [0.15, 0.2) is 5.11 Å². The number of benzene rings is 2. The highest BCUT2D eigenvalue weighted by Crippen LogP contribution is 2.17. The zero-order chi connectivity index (χ0) is 17.0. The van der Waals surface area contributed by atoms with E-state index >= 15 is 0 Å².